The molecular weight excluding hydrogens is 283 g/mol. The Bertz CT molecular complexity index is 753. The van der Waals surface area contributed by atoms with Gasteiger partial charge in [-0.25, -0.2) is 4.39 Å². The van der Waals surface area contributed by atoms with Gasteiger partial charge in [0.2, 0.25) is 0 Å². The maximum absolute atomic E-state index is 13.8. The van der Waals surface area contributed by atoms with Crippen molar-refractivity contribution in [3.63, 3.8) is 0 Å². The summed E-state index contributed by atoms with van der Waals surface area (Å²) >= 11 is 1.69. The summed E-state index contributed by atoms with van der Waals surface area (Å²) < 4.78 is 15.0. The molecule has 1 aromatic carbocycles. The van der Waals surface area contributed by atoms with Crippen molar-refractivity contribution in [1.82, 2.24) is 10.3 Å². The van der Waals surface area contributed by atoms with Crippen molar-refractivity contribution in [3.05, 3.63) is 64.9 Å². The molecule has 0 saturated carbocycles. The molecule has 0 saturated heterocycles. The highest BCUT2D eigenvalue weighted by molar-refractivity contribution is 7.17. The molecule has 4 heteroatoms. The van der Waals surface area contributed by atoms with Gasteiger partial charge in [-0.2, -0.15) is 0 Å². The topological polar surface area (TPSA) is 24.9 Å². The minimum Gasteiger partial charge on any atom is -0.303 e. The van der Waals surface area contributed by atoms with Gasteiger partial charge < -0.3 is 5.32 Å². The molecule has 2 nitrogen and oxygen atoms in total. The second-order valence-corrected chi connectivity index (χ2v) is 6.15. The van der Waals surface area contributed by atoms with Gasteiger partial charge in [0.05, 0.1) is 10.2 Å². The zero-order valence-corrected chi connectivity index (χ0v) is 12.8. The smallest absolute Gasteiger partial charge is 0.127 e. The van der Waals surface area contributed by atoms with Gasteiger partial charge in [-0.15, -0.1) is 11.3 Å². The fourth-order valence-electron chi connectivity index (χ4n) is 2.49. The molecule has 3 aromatic rings. The second kappa shape index (κ2) is 5.92. The molecule has 21 heavy (non-hydrogen) atoms. The van der Waals surface area contributed by atoms with E-state index in [-0.39, 0.29) is 17.9 Å². The Morgan fingerprint density at radius 1 is 1.14 bits per heavy atom. The molecule has 108 valence electrons. The van der Waals surface area contributed by atoms with Crippen LogP contribution in [-0.4, -0.2) is 4.98 Å². The zero-order valence-electron chi connectivity index (χ0n) is 12.0. The van der Waals surface area contributed by atoms with E-state index in [9.17, 15) is 4.39 Å². The van der Waals surface area contributed by atoms with E-state index in [0.717, 1.165) is 11.1 Å². The lowest BCUT2D eigenvalue weighted by atomic mass is 10.0. The van der Waals surface area contributed by atoms with Crippen LogP contribution in [0, 0.1) is 5.82 Å². The Kier molecular flexibility index (Phi) is 3.99. The molecule has 2 unspecified atom stereocenters. The Morgan fingerprint density at radius 2 is 1.95 bits per heavy atom. The van der Waals surface area contributed by atoms with Gasteiger partial charge in [0.15, 0.2) is 0 Å². The van der Waals surface area contributed by atoms with Crippen molar-refractivity contribution in [1.29, 1.82) is 0 Å². The van der Waals surface area contributed by atoms with E-state index in [1.807, 2.05) is 36.7 Å². The van der Waals surface area contributed by atoms with Crippen LogP contribution < -0.4 is 5.32 Å². The molecule has 0 spiro atoms. The van der Waals surface area contributed by atoms with Gasteiger partial charge in [-0.1, -0.05) is 18.2 Å². The highest BCUT2D eigenvalue weighted by atomic mass is 32.1. The lowest BCUT2D eigenvalue weighted by molar-refractivity contribution is 0.473. The van der Waals surface area contributed by atoms with E-state index in [1.165, 1.54) is 10.8 Å². The summed E-state index contributed by atoms with van der Waals surface area (Å²) in [5.41, 5.74) is 2.83. The minimum absolute atomic E-state index is 0.0553. The van der Waals surface area contributed by atoms with Crippen molar-refractivity contribution in [2.24, 2.45) is 0 Å². The summed E-state index contributed by atoms with van der Waals surface area (Å²) in [6.07, 6.45) is 1.89. The van der Waals surface area contributed by atoms with Gasteiger partial charge in [0.25, 0.3) is 0 Å². The maximum Gasteiger partial charge on any atom is 0.127 e. The van der Waals surface area contributed by atoms with Crippen LogP contribution in [0.1, 0.15) is 37.1 Å². The average Bonchev–Trinajstić information content (AvgIpc) is 2.94. The third-order valence-electron chi connectivity index (χ3n) is 3.70. The zero-order chi connectivity index (χ0) is 14.8. The van der Waals surface area contributed by atoms with Crippen molar-refractivity contribution in [2.45, 2.75) is 25.9 Å². The first kappa shape index (κ1) is 14.2. The Morgan fingerprint density at radius 3 is 2.76 bits per heavy atom. The number of nitrogens with zero attached hydrogens (tertiary/aromatic N) is 1. The van der Waals surface area contributed by atoms with Gasteiger partial charge in [-0.05, 0) is 43.0 Å². The maximum atomic E-state index is 13.8. The molecule has 3 rings (SSSR count). The molecule has 0 radical (unpaired) electrons. The van der Waals surface area contributed by atoms with Crippen LogP contribution >= 0.6 is 11.3 Å². The monoisotopic (exact) mass is 300 g/mol. The molecule has 0 aliphatic rings. The summed E-state index contributed by atoms with van der Waals surface area (Å²) in [6, 6.07) is 11.1. The Balaban J connectivity index is 1.79. The van der Waals surface area contributed by atoms with Gasteiger partial charge >= 0.3 is 0 Å². The summed E-state index contributed by atoms with van der Waals surface area (Å²) in [5, 5.41) is 5.48. The number of fused-ring (bicyclic) bond motifs is 1. The van der Waals surface area contributed by atoms with Crippen LogP contribution in [0.4, 0.5) is 4.39 Å². The SMILES string of the molecule is CC(NC(C)c1ccccc1F)c1cnc2ccsc2c1. The molecule has 2 heterocycles. The molecule has 0 fully saturated rings. The fourth-order valence-corrected chi connectivity index (χ4v) is 3.27. The van der Waals surface area contributed by atoms with Crippen molar-refractivity contribution in [3.8, 4) is 0 Å². The number of thiophene rings is 1. The molecule has 0 bridgehead atoms. The molecule has 0 amide bonds. The van der Waals surface area contributed by atoms with E-state index >= 15 is 0 Å². The molecule has 0 aliphatic carbocycles. The third kappa shape index (κ3) is 2.96. The largest absolute Gasteiger partial charge is 0.303 e. The van der Waals surface area contributed by atoms with Crippen LogP contribution in [0.2, 0.25) is 0 Å². The van der Waals surface area contributed by atoms with E-state index in [2.05, 4.69) is 23.3 Å². The van der Waals surface area contributed by atoms with Gasteiger partial charge in [-0.3, -0.25) is 4.98 Å². The number of halogens is 1. The molecule has 2 atom stereocenters. The molecule has 0 aliphatic heterocycles. The number of aromatic nitrogens is 1. The standard InChI is InChI=1S/C17H17FN2S/c1-11(13-9-17-16(19-10-13)7-8-21-17)20-12(2)14-5-3-4-6-15(14)18/h3-12,20H,1-2H3. The van der Waals surface area contributed by atoms with E-state index in [0.29, 0.717) is 5.56 Å². The van der Waals surface area contributed by atoms with Crippen LogP contribution in [0.25, 0.3) is 10.2 Å². The first-order valence-electron chi connectivity index (χ1n) is 6.99. The highest BCUT2D eigenvalue weighted by Gasteiger charge is 2.14. The minimum atomic E-state index is -0.170. The number of hydrogen-bond donors (Lipinski definition) is 1. The predicted molar refractivity (Wildman–Crippen MR) is 86.0 cm³/mol. The Hall–Kier alpha value is -1.78. The van der Waals surface area contributed by atoms with Crippen LogP contribution in [-0.2, 0) is 0 Å². The molecule has 1 N–H and O–H groups in total. The van der Waals surface area contributed by atoms with Crippen molar-refractivity contribution >= 4 is 21.6 Å². The number of benzene rings is 1. The lowest BCUT2D eigenvalue weighted by Gasteiger charge is -2.21. The summed E-state index contributed by atoms with van der Waals surface area (Å²) in [6.45, 7) is 4.06. The van der Waals surface area contributed by atoms with Crippen LogP contribution in [0.5, 0.6) is 0 Å². The quantitative estimate of drug-likeness (QED) is 0.745. The summed E-state index contributed by atoms with van der Waals surface area (Å²) in [7, 11) is 0. The first-order valence-corrected chi connectivity index (χ1v) is 7.87. The normalized spacial score (nSPS) is 14.2. The molecular formula is C17H17FN2S. The number of pyridine rings is 1. The predicted octanol–water partition coefficient (Wildman–Crippen LogP) is 4.85. The number of rotatable bonds is 4. The Labute approximate surface area is 127 Å². The third-order valence-corrected chi connectivity index (χ3v) is 4.55. The first-order chi connectivity index (χ1) is 10.1. The summed E-state index contributed by atoms with van der Waals surface area (Å²) in [4.78, 5) is 4.46. The lowest BCUT2D eigenvalue weighted by Crippen LogP contribution is -2.23. The van der Waals surface area contributed by atoms with Crippen LogP contribution in [0.3, 0.4) is 0 Å². The second-order valence-electron chi connectivity index (χ2n) is 5.20. The van der Waals surface area contributed by atoms with E-state index in [4.69, 9.17) is 0 Å². The summed E-state index contributed by atoms with van der Waals surface area (Å²) in [5.74, 6) is -0.170. The van der Waals surface area contributed by atoms with E-state index < -0.39 is 0 Å². The van der Waals surface area contributed by atoms with Gasteiger partial charge in [0, 0.05) is 23.8 Å². The van der Waals surface area contributed by atoms with Crippen molar-refractivity contribution in [2.75, 3.05) is 0 Å². The van der Waals surface area contributed by atoms with Gasteiger partial charge in [0.1, 0.15) is 5.82 Å². The fraction of sp³-hybridized carbons (Fsp3) is 0.235. The van der Waals surface area contributed by atoms with Crippen molar-refractivity contribution < 1.29 is 4.39 Å². The molecule has 2 aromatic heterocycles. The average molecular weight is 300 g/mol. The number of nitrogens with one attached hydrogen (secondary N) is 1. The number of hydrogen-bond acceptors (Lipinski definition) is 3. The van der Waals surface area contributed by atoms with Crippen LogP contribution in [0.15, 0.2) is 48.0 Å². The van der Waals surface area contributed by atoms with E-state index in [1.54, 1.807) is 17.4 Å². The highest BCUT2D eigenvalue weighted by Crippen LogP contribution is 2.25.